The lowest BCUT2D eigenvalue weighted by Gasteiger charge is -2.26. The number of carbonyl (C=O) groups is 1. The molecule has 11 nitrogen and oxygen atoms in total. The number of phenols is 2. The number of nitrogens with two attached hydrogens (primary N) is 1. The molecule has 1 aromatic heterocycles. The Hall–Kier alpha value is -4.12. The van der Waals surface area contributed by atoms with Gasteiger partial charge in [-0.3, -0.25) is 14.9 Å². The Balaban J connectivity index is 1.57. The summed E-state index contributed by atoms with van der Waals surface area (Å²) in [5, 5.41) is 37.9. The van der Waals surface area contributed by atoms with E-state index in [0.717, 1.165) is 31.7 Å². The fraction of sp³-hybridized carbons (Fsp3) is 0.273. The largest absolute Gasteiger partial charge is 0.508 e. The van der Waals surface area contributed by atoms with Crippen molar-refractivity contribution >= 4 is 11.6 Å². The summed E-state index contributed by atoms with van der Waals surface area (Å²) >= 11 is 0. The van der Waals surface area contributed by atoms with Crippen LogP contribution in [-0.4, -0.2) is 38.3 Å². The number of nitro benzene ring substituents is 1. The van der Waals surface area contributed by atoms with E-state index in [4.69, 9.17) is 15.0 Å². The second kappa shape index (κ2) is 9.17. The minimum absolute atomic E-state index is 0.000516. The van der Waals surface area contributed by atoms with Gasteiger partial charge in [0.05, 0.1) is 4.92 Å². The molecular formula is C22H22N4O7. The van der Waals surface area contributed by atoms with Gasteiger partial charge in [0.25, 0.3) is 11.6 Å². The summed E-state index contributed by atoms with van der Waals surface area (Å²) in [5.74, 6) is -0.787. The van der Waals surface area contributed by atoms with Crippen LogP contribution in [0.15, 0.2) is 47.0 Å². The van der Waals surface area contributed by atoms with Gasteiger partial charge in [-0.1, -0.05) is 5.16 Å². The summed E-state index contributed by atoms with van der Waals surface area (Å²) < 4.78 is 11.0. The third-order valence-electron chi connectivity index (χ3n) is 5.44. The lowest BCUT2D eigenvalue weighted by Crippen LogP contribution is -2.40. The second-order valence-electron chi connectivity index (χ2n) is 7.85. The first-order chi connectivity index (χ1) is 15.8. The highest BCUT2D eigenvalue weighted by molar-refractivity contribution is 5.93. The molecule has 1 amide bonds. The second-order valence-corrected chi connectivity index (χ2v) is 7.85. The van der Waals surface area contributed by atoms with Crippen molar-refractivity contribution in [1.29, 1.82) is 0 Å². The van der Waals surface area contributed by atoms with Crippen LogP contribution in [0.3, 0.4) is 0 Å². The normalized spacial score (nSPS) is 18.0. The van der Waals surface area contributed by atoms with E-state index >= 15 is 0 Å². The highest BCUT2D eigenvalue weighted by atomic mass is 16.6. The maximum Gasteiger partial charge on any atom is 0.273 e. The summed E-state index contributed by atoms with van der Waals surface area (Å²) in [6.45, 7) is 0. The number of hydrogen-bond donors (Lipinski definition) is 4. The van der Waals surface area contributed by atoms with Crippen LogP contribution in [0, 0.1) is 10.1 Å². The van der Waals surface area contributed by atoms with Gasteiger partial charge in [0.2, 0.25) is 0 Å². The van der Waals surface area contributed by atoms with E-state index in [2.05, 4.69) is 10.5 Å². The molecule has 4 rings (SSSR count). The molecule has 0 atom stereocenters. The average molecular weight is 454 g/mol. The predicted octanol–water partition coefficient (Wildman–Crippen LogP) is 3.45. The van der Waals surface area contributed by atoms with Crippen molar-refractivity contribution in [3.8, 4) is 34.3 Å². The molecule has 1 heterocycles. The molecule has 3 aromatic rings. The van der Waals surface area contributed by atoms with E-state index in [1.807, 2.05) is 0 Å². The van der Waals surface area contributed by atoms with Gasteiger partial charge in [0, 0.05) is 42.4 Å². The Morgan fingerprint density at radius 1 is 1.15 bits per heavy atom. The Morgan fingerprint density at radius 2 is 1.85 bits per heavy atom. The summed E-state index contributed by atoms with van der Waals surface area (Å²) in [7, 11) is 0. The van der Waals surface area contributed by atoms with E-state index in [9.17, 15) is 25.1 Å². The van der Waals surface area contributed by atoms with Crippen LogP contribution in [0.25, 0.3) is 11.3 Å². The zero-order chi connectivity index (χ0) is 23.5. The van der Waals surface area contributed by atoms with Crippen molar-refractivity contribution in [2.45, 2.75) is 37.8 Å². The van der Waals surface area contributed by atoms with Gasteiger partial charge in [-0.05, 0) is 37.8 Å². The fourth-order valence-electron chi connectivity index (χ4n) is 3.70. The van der Waals surface area contributed by atoms with Gasteiger partial charge >= 0.3 is 0 Å². The van der Waals surface area contributed by atoms with Gasteiger partial charge in [-0.25, -0.2) is 0 Å². The topological polar surface area (TPSA) is 174 Å². The number of aromatic nitrogens is 1. The SMILES string of the molecule is NC1CCC(NC(=O)c2cc(-c3c(O)cc(O)cc3Oc3ccc([N+](=O)[O-])cc3)on2)CC1. The fourth-order valence-corrected chi connectivity index (χ4v) is 3.70. The number of aromatic hydroxyl groups is 2. The number of ether oxygens (including phenoxy) is 1. The third kappa shape index (κ3) is 5.04. The lowest BCUT2D eigenvalue weighted by atomic mass is 9.92. The predicted molar refractivity (Wildman–Crippen MR) is 116 cm³/mol. The molecule has 1 saturated carbocycles. The van der Waals surface area contributed by atoms with Crippen molar-refractivity contribution in [3.63, 3.8) is 0 Å². The number of non-ortho nitro benzene ring substituents is 1. The maximum atomic E-state index is 12.6. The van der Waals surface area contributed by atoms with E-state index in [1.165, 1.54) is 36.4 Å². The lowest BCUT2D eigenvalue weighted by molar-refractivity contribution is -0.384. The first kappa shape index (κ1) is 22.1. The minimum atomic E-state index is -0.543. The Bertz CT molecular complexity index is 1170. The van der Waals surface area contributed by atoms with E-state index in [0.29, 0.717) is 0 Å². The molecule has 11 heteroatoms. The molecule has 0 unspecified atom stereocenters. The van der Waals surface area contributed by atoms with Gasteiger partial charge < -0.3 is 30.5 Å². The number of phenolic OH excluding ortho intramolecular Hbond substituents is 2. The monoisotopic (exact) mass is 454 g/mol. The molecule has 1 aliphatic rings. The van der Waals surface area contributed by atoms with Gasteiger partial charge in [0.15, 0.2) is 11.5 Å². The molecule has 0 aliphatic heterocycles. The first-order valence-corrected chi connectivity index (χ1v) is 10.3. The highest BCUT2D eigenvalue weighted by Crippen LogP contribution is 2.43. The van der Waals surface area contributed by atoms with Gasteiger partial charge in [0.1, 0.15) is 28.6 Å². The van der Waals surface area contributed by atoms with Crippen molar-refractivity contribution < 1.29 is 29.2 Å². The van der Waals surface area contributed by atoms with Crippen molar-refractivity contribution in [2.75, 3.05) is 0 Å². The summed E-state index contributed by atoms with van der Waals surface area (Å²) in [5.41, 5.74) is 5.86. The number of nitrogens with zero attached hydrogens (tertiary/aromatic N) is 2. The number of nitrogens with one attached hydrogen (secondary N) is 1. The Morgan fingerprint density at radius 3 is 2.52 bits per heavy atom. The molecule has 2 aromatic carbocycles. The quantitative estimate of drug-likeness (QED) is 0.321. The van der Waals surface area contributed by atoms with Crippen LogP contribution in [0.2, 0.25) is 0 Å². The zero-order valence-corrected chi connectivity index (χ0v) is 17.4. The van der Waals surface area contributed by atoms with Gasteiger partial charge in [-0.15, -0.1) is 0 Å². The maximum absolute atomic E-state index is 12.6. The summed E-state index contributed by atoms with van der Waals surface area (Å²) in [4.78, 5) is 22.9. The van der Waals surface area contributed by atoms with Crippen LogP contribution in [0.4, 0.5) is 5.69 Å². The van der Waals surface area contributed by atoms with E-state index < -0.39 is 10.8 Å². The third-order valence-corrected chi connectivity index (χ3v) is 5.44. The van der Waals surface area contributed by atoms with Crippen LogP contribution in [-0.2, 0) is 0 Å². The van der Waals surface area contributed by atoms with Crippen LogP contribution in [0.1, 0.15) is 36.2 Å². The molecule has 33 heavy (non-hydrogen) atoms. The number of carbonyl (C=O) groups excluding carboxylic acids is 1. The van der Waals surface area contributed by atoms with Gasteiger partial charge in [-0.2, -0.15) is 0 Å². The number of rotatable bonds is 6. The molecule has 5 N–H and O–H groups in total. The molecule has 0 spiro atoms. The van der Waals surface area contributed by atoms with Crippen LogP contribution in [0.5, 0.6) is 23.0 Å². The molecule has 0 bridgehead atoms. The molecule has 1 aliphatic carbocycles. The van der Waals surface area contributed by atoms with Crippen LogP contribution < -0.4 is 15.8 Å². The minimum Gasteiger partial charge on any atom is -0.508 e. The molecule has 0 radical (unpaired) electrons. The van der Waals surface area contributed by atoms with Crippen molar-refractivity contribution in [2.24, 2.45) is 5.73 Å². The molecule has 0 saturated heterocycles. The Labute approximate surface area is 187 Å². The van der Waals surface area contributed by atoms with Crippen LogP contribution >= 0.6 is 0 Å². The van der Waals surface area contributed by atoms with E-state index in [-0.39, 0.29) is 57.8 Å². The van der Waals surface area contributed by atoms with E-state index in [1.54, 1.807) is 0 Å². The molecule has 1 fully saturated rings. The number of amides is 1. The smallest absolute Gasteiger partial charge is 0.273 e. The average Bonchev–Trinajstić information content (AvgIpc) is 3.25. The van der Waals surface area contributed by atoms with Crippen molar-refractivity contribution in [1.82, 2.24) is 10.5 Å². The summed E-state index contributed by atoms with van der Waals surface area (Å²) in [6.07, 6.45) is 3.23. The highest BCUT2D eigenvalue weighted by Gasteiger charge is 2.24. The number of hydrogen-bond acceptors (Lipinski definition) is 9. The zero-order valence-electron chi connectivity index (χ0n) is 17.4. The Kier molecular flexibility index (Phi) is 6.13. The summed E-state index contributed by atoms with van der Waals surface area (Å²) in [6, 6.07) is 9.11. The first-order valence-electron chi connectivity index (χ1n) is 10.3. The standard InChI is InChI=1S/C22H22N4O7/c23-12-1-3-13(4-2-12)24-22(29)17-11-20(33-25-17)21-18(28)9-15(27)10-19(21)32-16-7-5-14(6-8-16)26(30)31/h5-13,27-28H,1-4,23H2,(H,24,29). The molecular weight excluding hydrogens is 432 g/mol. The molecule has 172 valence electrons. The van der Waals surface area contributed by atoms with Crippen molar-refractivity contribution in [3.05, 3.63) is 58.3 Å². The number of benzene rings is 2. The number of nitro groups is 1.